The number of rotatable bonds is 4. The summed E-state index contributed by atoms with van der Waals surface area (Å²) in [4.78, 5) is 23.3. The van der Waals surface area contributed by atoms with Crippen molar-refractivity contribution >= 4 is 11.9 Å². The molecule has 5 heteroatoms. The van der Waals surface area contributed by atoms with E-state index in [1.54, 1.807) is 0 Å². The summed E-state index contributed by atoms with van der Waals surface area (Å²) in [5.74, 6) is -1.17. The van der Waals surface area contributed by atoms with Crippen LogP contribution >= 0.6 is 0 Å². The molecular weight excluding hydrogens is 222 g/mol. The lowest BCUT2D eigenvalue weighted by molar-refractivity contribution is -0.148. The van der Waals surface area contributed by atoms with E-state index in [4.69, 9.17) is 4.74 Å². The van der Waals surface area contributed by atoms with Crippen molar-refractivity contribution in [1.82, 2.24) is 5.32 Å². The predicted octanol–water partition coefficient (Wildman–Crippen LogP) is 0.782. The molecule has 0 aromatic rings. The molecule has 1 aliphatic carbocycles. The van der Waals surface area contributed by atoms with E-state index in [-0.39, 0.29) is 23.8 Å². The first-order valence-corrected chi connectivity index (χ1v) is 6.07. The van der Waals surface area contributed by atoms with E-state index in [0.717, 1.165) is 12.8 Å². The Labute approximate surface area is 101 Å². The first-order chi connectivity index (χ1) is 7.93. The zero-order chi connectivity index (χ0) is 12.7. The molecule has 1 heterocycles. The molecule has 2 rings (SSSR count). The van der Waals surface area contributed by atoms with Crippen LogP contribution in [0.15, 0.2) is 0 Å². The molecule has 17 heavy (non-hydrogen) atoms. The van der Waals surface area contributed by atoms with Crippen molar-refractivity contribution in [3.63, 3.8) is 0 Å². The molecule has 0 aromatic carbocycles. The Kier molecular flexibility index (Phi) is 2.89. The number of carboxylic acid groups (broad SMARTS) is 1. The molecule has 2 fully saturated rings. The second-order valence-corrected chi connectivity index (χ2v) is 5.44. The van der Waals surface area contributed by atoms with Gasteiger partial charge in [-0.25, -0.2) is 4.79 Å². The first-order valence-electron chi connectivity index (χ1n) is 6.07. The van der Waals surface area contributed by atoms with Gasteiger partial charge in [0.1, 0.15) is 0 Å². The van der Waals surface area contributed by atoms with Gasteiger partial charge in [0.05, 0.1) is 6.61 Å². The summed E-state index contributed by atoms with van der Waals surface area (Å²) in [7, 11) is 0. The van der Waals surface area contributed by atoms with Crippen molar-refractivity contribution in [3.05, 3.63) is 0 Å². The maximum Gasteiger partial charge on any atom is 0.331 e. The van der Waals surface area contributed by atoms with Crippen molar-refractivity contribution in [2.24, 2.45) is 11.3 Å². The van der Waals surface area contributed by atoms with E-state index < -0.39 is 11.5 Å². The molecule has 0 spiro atoms. The molecule has 1 saturated carbocycles. The summed E-state index contributed by atoms with van der Waals surface area (Å²) < 4.78 is 5.11. The van der Waals surface area contributed by atoms with Crippen LogP contribution in [0.3, 0.4) is 0 Å². The smallest absolute Gasteiger partial charge is 0.331 e. The lowest BCUT2D eigenvalue weighted by Gasteiger charge is -2.24. The van der Waals surface area contributed by atoms with Gasteiger partial charge >= 0.3 is 5.97 Å². The number of ether oxygens (including phenoxy) is 1. The Balaban J connectivity index is 2.01. The minimum atomic E-state index is -1.20. The molecule has 1 amide bonds. The van der Waals surface area contributed by atoms with Gasteiger partial charge in [0.2, 0.25) is 5.91 Å². The third kappa shape index (κ3) is 2.04. The van der Waals surface area contributed by atoms with Crippen LogP contribution in [0.25, 0.3) is 0 Å². The molecule has 2 N–H and O–H groups in total. The molecular formula is C12H19NO4. The van der Waals surface area contributed by atoms with Crippen LogP contribution in [0.4, 0.5) is 0 Å². The third-order valence-electron chi connectivity index (χ3n) is 4.27. The average molecular weight is 241 g/mol. The Bertz CT molecular complexity index is 348. The zero-order valence-corrected chi connectivity index (χ0v) is 10.3. The topological polar surface area (TPSA) is 75.6 Å². The van der Waals surface area contributed by atoms with E-state index in [1.165, 1.54) is 0 Å². The number of carbonyl (C=O) groups is 2. The number of amides is 1. The van der Waals surface area contributed by atoms with E-state index >= 15 is 0 Å². The van der Waals surface area contributed by atoms with E-state index in [1.807, 2.05) is 0 Å². The maximum atomic E-state index is 12.0. The lowest BCUT2D eigenvalue weighted by atomic mass is 9.97. The van der Waals surface area contributed by atoms with Gasteiger partial charge in [0.15, 0.2) is 5.54 Å². The van der Waals surface area contributed by atoms with E-state index in [2.05, 4.69) is 19.2 Å². The molecule has 2 aliphatic rings. The monoisotopic (exact) mass is 241 g/mol. The van der Waals surface area contributed by atoms with Crippen molar-refractivity contribution in [1.29, 1.82) is 0 Å². The second kappa shape index (κ2) is 3.98. The number of carbonyl (C=O) groups excluding carboxylic acids is 1. The third-order valence-corrected chi connectivity index (χ3v) is 4.27. The lowest BCUT2D eigenvalue weighted by Crippen LogP contribution is -2.55. The zero-order valence-electron chi connectivity index (χ0n) is 10.3. The fourth-order valence-corrected chi connectivity index (χ4v) is 2.42. The number of hydrogen-bond donors (Lipinski definition) is 2. The highest BCUT2D eigenvalue weighted by Crippen LogP contribution is 2.54. The minimum Gasteiger partial charge on any atom is -0.479 e. The quantitative estimate of drug-likeness (QED) is 0.762. The van der Waals surface area contributed by atoms with Crippen LogP contribution in [-0.2, 0) is 14.3 Å². The highest BCUT2D eigenvalue weighted by Gasteiger charge is 2.55. The van der Waals surface area contributed by atoms with Gasteiger partial charge in [0, 0.05) is 18.9 Å². The highest BCUT2D eigenvalue weighted by atomic mass is 16.5. The van der Waals surface area contributed by atoms with Crippen LogP contribution < -0.4 is 5.32 Å². The molecule has 96 valence electrons. The largest absolute Gasteiger partial charge is 0.479 e. The fraction of sp³-hybridized carbons (Fsp3) is 0.833. The number of aliphatic carboxylic acids is 1. The van der Waals surface area contributed by atoms with Gasteiger partial charge in [0.25, 0.3) is 0 Å². The van der Waals surface area contributed by atoms with Gasteiger partial charge < -0.3 is 15.2 Å². The average Bonchev–Trinajstić information content (AvgIpc) is 2.75. The Morgan fingerprint density at radius 1 is 1.53 bits per heavy atom. The van der Waals surface area contributed by atoms with Crippen molar-refractivity contribution in [2.45, 2.75) is 38.6 Å². The maximum absolute atomic E-state index is 12.0. The van der Waals surface area contributed by atoms with E-state index in [0.29, 0.717) is 13.0 Å². The number of nitrogens with one attached hydrogen (secondary N) is 1. The van der Waals surface area contributed by atoms with Crippen LogP contribution in [0, 0.1) is 11.3 Å². The molecule has 5 nitrogen and oxygen atoms in total. The summed E-state index contributed by atoms with van der Waals surface area (Å²) in [5, 5.41) is 11.9. The Morgan fingerprint density at radius 2 is 2.24 bits per heavy atom. The standard InChI is InChI=1S/C12H19NO4/c1-3-11(2)6-8(11)9(14)13-12(10(15)16)4-5-17-7-12/h8H,3-7H2,1-2H3,(H,13,14)(H,15,16). The van der Waals surface area contributed by atoms with Gasteiger partial charge in [-0.15, -0.1) is 0 Å². The molecule has 1 aliphatic heterocycles. The van der Waals surface area contributed by atoms with Crippen LogP contribution in [0.5, 0.6) is 0 Å². The summed E-state index contributed by atoms with van der Waals surface area (Å²) in [6.07, 6.45) is 2.15. The van der Waals surface area contributed by atoms with Gasteiger partial charge in [-0.2, -0.15) is 0 Å². The molecule has 1 saturated heterocycles. The van der Waals surface area contributed by atoms with Gasteiger partial charge in [-0.1, -0.05) is 13.8 Å². The molecule has 0 aromatic heterocycles. The summed E-state index contributed by atoms with van der Waals surface area (Å²) in [5.41, 5.74) is -1.14. The summed E-state index contributed by atoms with van der Waals surface area (Å²) in [6, 6.07) is 0. The normalized spacial score (nSPS) is 40.0. The highest BCUT2D eigenvalue weighted by molar-refractivity contribution is 5.90. The van der Waals surface area contributed by atoms with Crippen LogP contribution in [0.2, 0.25) is 0 Å². The molecule has 0 radical (unpaired) electrons. The molecule has 0 bridgehead atoms. The van der Waals surface area contributed by atoms with Crippen LogP contribution in [-0.4, -0.2) is 35.7 Å². The van der Waals surface area contributed by atoms with Gasteiger partial charge in [-0.3, -0.25) is 4.79 Å². The molecule has 3 atom stereocenters. The first kappa shape index (κ1) is 12.4. The Morgan fingerprint density at radius 3 is 2.65 bits per heavy atom. The minimum absolute atomic E-state index is 0.0377. The van der Waals surface area contributed by atoms with E-state index in [9.17, 15) is 14.7 Å². The van der Waals surface area contributed by atoms with Crippen molar-refractivity contribution in [3.8, 4) is 0 Å². The predicted molar refractivity (Wildman–Crippen MR) is 60.5 cm³/mol. The molecule has 3 unspecified atom stereocenters. The summed E-state index contributed by atoms with van der Waals surface area (Å²) in [6.45, 7) is 4.58. The van der Waals surface area contributed by atoms with Gasteiger partial charge in [-0.05, 0) is 18.3 Å². The van der Waals surface area contributed by atoms with Crippen LogP contribution in [0.1, 0.15) is 33.1 Å². The number of carboxylic acids is 1. The number of hydrogen-bond acceptors (Lipinski definition) is 3. The SMILES string of the molecule is CCC1(C)CC1C(=O)NC1(C(=O)O)CCOC1. The van der Waals surface area contributed by atoms with Crippen molar-refractivity contribution in [2.75, 3.05) is 13.2 Å². The Hall–Kier alpha value is -1.10. The second-order valence-electron chi connectivity index (χ2n) is 5.44. The van der Waals surface area contributed by atoms with Crippen molar-refractivity contribution < 1.29 is 19.4 Å². The summed E-state index contributed by atoms with van der Waals surface area (Å²) >= 11 is 0. The fourth-order valence-electron chi connectivity index (χ4n) is 2.42.